The van der Waals surface area contributed by atoms with Crippen molar-refractivity contribution in [1.29, 1.82) is 0 Å². The number of aliphatic hydroxyl groups excluding tert-OH is 6. The molecule has 2 heterocycles. The highest BCUT2D eigenvalue weighted by Gasteiger charge is 2.46. The first-order chi connectivity index (χ1) is 15.1. The highest BCUT2D eigenvalue weighted by atomic mass is 16.7. The van der Waals surface area contributed by atoms with Gasteiger partial charge in [-0.1, -0.05) is 0 Å². The summed E-state index contributed by atoms with van der Waals surface area (Å²) in [5.41, 5.74) is 0.182. The van der Waals surface area contributed by atoms with Crippen molar-refractivity contribution in [2.45, 2.75) is 62.2 Å². The molecule has 180 valence electrons. The second-order valence-electron chi connectivity index (χ2n) is 7.63. The lowest BCUT2D eigenvalue weighted by Gasteiger charge is -2.41. The van der Waals surface area contributed by atoms with E-state index in [2.05, 4.69) is 0 Å². The number of rotatable bonds is 7. The van der Waals surface area contributed by atoms with Crippen LogP contribution in [-0.4, -0.2) is 112 Å². The van der Waals surface area contributed by atoms with E-state index in [0.29, 0.717) is 5.75 Å². The zero-order valence-corrected chi connectivity index (χ0v) is 17.5. The molecule has 3 rings (SSSR count). The molecule has 0 aliphatic carbocycles. The van der Waals surface area contributed by atoms with Crippen LogP contribution >= 0.6 is 0 Å². The number of ether oxygens (including phenoxy) is 5. The van der Waals surface area contributed by atoms with Crippen molar-refractivity contribution in [3.05, 3.63) is 23.8 Å². The van der Waals surface area contributed by atoms with Gasteiger partial charge in [0.2, 0.25) is 6.29 Å². The summed E-state index contributed by atoms with van der Waals surface area (Å²) in [6.45, 7) is 0.615. The van der Waals surface area contributed by atoms with Crippen molar-refractivity contribution in [3.8, 4) is 11.5 Å². The highest BCUT2D eigenvalue weighted by molar-refractivity contribution is 5.97. The summed E-state index contributed by atoms with van der Waals surface area (Å²) in [5.74, 6) is 0.0878. The minimum absolute atomic E-state index is 0.0345. The lowest BCUT2D eigenvalue weighted by atomic mass is 9.99. The lowest BCUT2D eigenvalue weighted by Crippen LogP contribution is -2.61. The minimum Gasteiger partial charge on any atom is -0.497 e. The maximum atomic E-state index is 11.9. The number of benzene rings is 1. The van der Waals surface area contributed by atoms with E-state index < -0.39 is 61.9 Å². The molecule has 12 nitrogen and oxygen atoms in total. The Kier molecular flexibility index (Phi) is 8.03. The predicted molar refractivity (Wildman–Crippen MR) is 104 cm³/mol. The van der Waals surface area contributed by atoms with Crippen LogP contribution in [-0.2, 0) is 14.2 Å². The number of methoxy groups -OCH3 is 1. The van der Waals surface area contributed by atoms with Crippen LogP contribution < -0.4 is 9.47 Å². The Hall–Kier alpha value is -1.87. The SMILES string of the molecule is COc1ccc(C(C)=O)c(O[C@@H]2O[C@H](CO[C@@H]3OC[C@H](O)[C@H](O)[C@H]3O)[C@H](O)[C@H](O)[C@H]2O)c1. The monoisotopic (exact) mass is 460 g/mol. The van der Waals surface area contributed by atoms with E-state index in [1.165, 1.54) is 26.2 Å². The molecule has 2 aliphatic heterocycles. The third-order valence-corrected chi connectivity index (χ3v) is 5.36. The molecule has 9 atom stereocenters. The van der Waals surface area contributed by atoms with Crippen LogP contribution in [0.5, 0.6) is 11.5 Å². The smallest absolute Gasteiger partial charge is 0.229 e. The molecule has 2 saturated heterocycles. The Morgan fingerprint density at radius 2 is 1.69 bits per heavy atom. The lowest BCUT2D eigenvalue weighted by molar-refractivity contribution is -0.307. The van der Waals surface area contributed by atoms with Crippen LogP contribution in [0.25, 0.3) is 0 Å². The first-order valence-electron chi connectivity index (χ1n) is 9.96. The van der Waals surface area contributed by atoms with Crippen LogP contribution in [0.3, 0.4) is 0 Å². The minimum atomic E-state index is -1.68. The number of Topliss-reactive ketones (excluding diaryl/α,β-unsaturated/α-hetero) is 1. The summed E-state index contributed by atoms with van der Waals surface area (Å²) in [5, 5.41) is 60.0. The molecule has 0 spiro atoms. The van der Waals surface area contributed by atoms with E-state index in [-0.39, 0.29) is 23.7 Å². The average Bonchev–Trinajstić information content (AvgIpc) is 2.77. The molecule has 2 fully saturated rings. The molecule has 1 aromatic rings. The van der Waals surface area contributed by atoms with Gasteiger partial charge >= 0.3 is 0 Å². The Labute approximate surface area is 183 Å². The quantitative estimate of drug-likeness (QED) is 0.236. The molecule has 0 unspecified atom stereocenters. The fraction of sp³-hybridized carbons (Fsp3) is 0.650. The van der Waals surface area contributed by atoms with Crippen molar-refractivity contribution >= 4 is 5.78 Å². The van der Waals surface area contributed by atoms with E-state index in [9.17, 15) is 35.4 Å². The van der Waals surface area contributed by atoms with Gasteiger partial charge in [-0.05, 0) is 19.1 Å². The number of carbonyl (C=O) groups excluding carboxylic acids is 1. The van der Waals surface area contributed by atoms with Gasteiger partial charge in [-0.25, -0.2) is 0 Å². The Morgan fingerprint density at radius 1 is 1.00 bits per heavy atom. The molecule has 2 aliphatic rings. The van der Waals surface area contributed by atoms with Crippen LogP contribution in [0.2, 0.25) is 0 Å². The zero-order valence-electron chi connectivity index (χ0n) is 17.5. The van der Waals surface area contributed by atoms with E-state index in [1.54, 1.807) is 6.07 Å². The van der Waals surface area contributed by atoms with E-state index in [1.807, 2.05) is 0 Å². The zero-order chi connectivity index (χ0) is 23.6. The fourth-order valence-electron chi connectivity index (χ4n) is 3.41. The van der Waals surface area contributed by atoms with Gasteiger partial charge in [0.15, 0.2) is 12.1 Å². The van der Waals surface area contributed by atoms with Crippen molar-refractivity contribution in [3.63, 3.8) is 0 Å². The topological polar surface area (TPSA) is 185 Å². The summed E-state index contributed by atoms with van der Waals surface area (Å²) in [6, 6.07) is 4.44. The first-order valence-corrected chi connectivity index (χ1v) is 9.96. The van der Waals surface area contributed by atoms with Gasteiger partial charge in [0.1, 0.15) is 54.2 Å². The van der Waals surface area contributed by atoms with Crippen molar-refractivity contribution in [1.82, 2.24) is 0 Å². The summed E-state index contributed by atoms with van der Waals surface area (Å²) >= 11 is 0. The molecular weight excluding hydrogens is 432 g/mol. The highest BCUT2D eigenvalue weighted by Crippen LogP contribution is 2.30. The van der Waals surface area contributed by atoms with Crippen molar-refractivity contribution < 1.29 is 59.1 Å². The van der Waals surface area contributed by atoms with Crippen molar-refractivity contribution in [2.75, 3.05) is 20.3 Å². The molecule has 0 aromatic heterocycles. The molecule has 0 saturated carbocycles. The maximum absolute atomic E-state index is 11.9. The molecular formula is C20H28O12. The Morgan fingerprint density at radius 3 is 2.34 bits per heavy atom. The molecule has 1 aromatic carbocycles. The number of hydrogen-bond donors (Lipinski definition) is 6. The van der Waals surface area contributed by atoms with Crippen LogP contribution in [0.15, 0.2) is 18.2 Å². The van der Waals surface area contributed by atoms with Gasteiger partial charge in [-0.15, -0.1) is 0 Å². The largest absolute Gasteiger partial charge is 0.497 e. The van der Waals surface area contributed by atoms with Crippen LogP contribution in [0.4, 0.5) is 0 Å². The Bertz CT molecular complexity index is 788. The molecule has 0 bridgehead atoms. The van der Waals surface area contributed by atoms with Crippen molar-refractivity contribution in [2.24, 2.45) is 0 Å². The number of hydrogen-bond acceptors (Lipinski definition) is 12. The summed E-state index contributed by atoms with van der Waals surface area (Å²) < 4.78 is 26.8. The van der Waals surface area contributed by atoms with Crippen LogP contribution in [0.1, 0.15) is 17.3 Å². The van der Waals surface area contributed by atoms with E-state index in [0.717, 1.165) is 0 Å². The first kappa shape index (κ1) is 24.8. The van der Waals surface area contributed by atoms with E-state index in [4.69, 9.17) is 23.7 Å². The number of ketones is 1. The average molecular weight is 460 g/mol. The summed E-state index contributed by atoms with van der Waals surface area (Å²) in [4.78, 5) is 11.9. The molecule has 6 N–H and O–H groups in total. The molecule has 32 heavy (non-hydrogen) atoms. The van der Waals surface area contributed by atoms with E-state index >= 15 is 0 Å². The Balaban J connectivity index is 1.71. The normalized spacial score (nSPS) is 37.7. The van der Waals surface area contributed by atoms with Gasteiger partial charge in [0.25, 0.3) is 0 Å². The molecule has 12 heteroatoms. The molecule has 0 amide bonds. The third-order valence-electron chi connectivity index (χ3n) is 5.36. The summed E-state index contributed by atoms with van der Waals surface area (Å²) in [6.07, 6.45) is -13.3. The van der Waals surface area contributed by atoms with Gasteiger partial charge < -0.3 is 54.3 Å². The predicted octanol–water partition coefficient (Wildman–Crippen LogP) is -2.46. The van der Waals surface area contributed by atoms with Gasteiger partial charge in [-0.2, -0.15) is 0 Å². The fourth-order valence-corrected chi connectivity index (χ4v) is 3.41. The summed E-state index contributed by atoms with van der Waals surface area (Å²) in [7, 11) is 1.42. The van der Waals surface area contributed by atoms with Gasteiger partial charge in [0, 0.05) is 6.07 Å². The third kappa shape index (κ3) is 5.20. The maximum Gasteiger partial charge on any atom is 0.229 e. The second-order valence-corrected chi connectivity index (χ2v) is 7.63. The molecule has 0 radical (unpaired) electrons. The second kappa shape index (κ2) is 10.4. The van der Waals surface area contributed by atoms with Gasteiger partial charge in [0.05, 0.1) is 25.9 Å². The standard InChI is InChI=1S/C20H28O12/c1-8(21)10-4-3-9(28-2)5-12(10)31-20-18(27)16(25)15(24)13(32-20)7-30-19-17(26)14(23)11(22)6-29-19/h3-5,11,13-20,22-27H,6-7H2,1-2H3/t11-,13+,14-,15-,16-,17+,18+,19-,20+/m0/s1. The number of carbonyl (C=O) groups is 1. The van der Waals surface area contributed by atoms with Gasteiger partial charge in [-0.3, -0.25) is 4.79 Å². The number of aliphatic hydroxyl groups is 6. The van der Waals surface area contributed by atoms with Crippen LogP contribution in [0, 0.1) is 0 Å².